The van der Waals surface area contributed by atoms with Gasteiger partial charge in [0, 0.05) is 6.42 Å². The van der Waals surface area contributed by atoms with E-state index in [-0.39, 0.29) is 5.97 Å². The topological polar surface area (TPSA) is 26.3 Å². The molecule has 150 valence electrons. The lowest BCUT2D eigenvalue weighted by atomic mass is 10.0. The summed E-state index contributed by atoms with van der Waals surface area (Å²) in [6, 6.07) is 0. The number of ether oxygens (including phenoxy) is 1. The molecule has 0 atom stereocenters. The van der Waals surface area contributed by atoms with Crippen LogP contribution in [-0.2, 0) is 9.53 Å². The summed E-state index contributed by atoms with van der Waals surface area (Å²) in [7, 11) is 0. The number of hydrogen-bond acceptors (Lipinski definition) is 2. The van der Waals surface area contributed by atoms with Crippen LogP contribution in [0.5, 0.6) is 0 Å². The summed E-state index contributed by atoms with van der Waals surface area (Å²) < 4.78 is 5.29. The van der Waals surface area contributed by atoms with Gasteiger partial charge in [-0.15, -0.1) is 0 Å². The number of rotatable bonds is 19. The lowest BCUT2D eigenvalue weighted by Crippen LogP contribution is -2.06. The fourth-order valence-corrected chi connectivity index (χ4v) is 3.21. The minimum atomic E-state index is -0.00431. The van der Waals surface area contributed by atoms with Crippen molar-refractivity contribution in [3.63, 3.8) is 0 Å². The van der Waals surface area contributed by atoms with Crippen LogP contribution in [0.2, 0.25) is 0 Å². The molecular formula is C23H46O2. The lowest BCUT2D eigenvalue weighted by Gasteiger charge is -2.06. The largest absolute Gasteiger partial charge is 0.466 e. The first kappa shape index (κ1) is 24.5. The first-order valence-electron chi connectivity index (χ1n) is 11.3. The number of unbranched alkanes of at least 4 members (excludes halogenated alkanes) is 13. The third-order valence-electron chi connectivity index (χ3n) is 4.92. The summed E-state index contributed by atoms with van der Waals surface area (Å²) in [6.45, 7) is 7.29. The van der Waals surface area contributed by atoms with E-state index in [4.69, 9.17) is 4.74 Å². The maximum absolute atomic E-state index is 11.5. The molecule has 0 heterocycles. The van der Waals surface area contributed by atoms with Crippen LogP contribution in [-0.4, -0.2) is 12.6 Å². The summed E-state index contributed by atoms with van der Waals surface area (Å²) >= 11 is 0. The molecule has 0 aliphatic carbocycles. The SMILES string of the molecule is CCCCCCCCCCCCCCCCOC(=O)CCCC(C)C. The van der Waals surface area contributed by atoms with E-state index in [1.165, 1.54) is 83.5 Å². The Bertz CT molecular complexity index is 273. The van der Waals surface area contributed by atoms with Gasteiger partial charge in [0.2, 0.25) is 0 Å². The van der Waals surface area contributed by atoms with E-state index in [0.717, 1.165) is 19.3 Å². The predicted octanol–water partition coefficient (Wildman–Crippen LogP) is 7.84. The van der Waals surface area contributed by atoms with Gasteiger partial charge in [-0.05, 0) is 18.8 Å². The molecule has 0 radical (unpaired) electrons. The minimum Gasteiger partial charge on any atom is -0.466 e. The van der Waals surface area contributed by atoms with Crippen molar-refractivity contribution in [2.75, 3.05) is 6.61 Å². The quantitative estimate of drug-likeness (QED) is 0.174. The second-order valence-electron chi connectivity index (χ2n) is 8.10. The van der Waals surface area contributed by atoms with Crippen LogP contribution >= 0.6 is 0 Å². The zero-order chi connectivity index (χ0) is 18.6. The van der Waals surface area contributed by atoms with Crippen molar-refractivity contribution in [3.05, 3.63) is 0 Å². The molecule has 0 aromatic rings. The van der Waals surface area contributed by atoms with Crippen LogP contribution in [0.25, 0.3) is 0 Å². The fourth-order valence-electron chi connectivity index (χ4n) is 3.21. The van der Waals surface area contributed by atoms with Crippen LogP contribution in [0.4, 0.5) is 0 Å². The zero-order valence-corrected chi connectivity index (χ0v) is 17.6. The van der Waals surface area contributed by atoms with Gasteiger partial charge in [0.15, 0.2) is 0 Å². The number of carbonyl (C=O) groups is 1. The Morgan fingerprint density at radius 1 is 0.680 bits per heavy atom. The number of hydrogen-bond donors (Lipinski definition) is 0. The van der Waals surface area contributed by atoms with Crippen molar-refractivity contribution in [1.82, 2.24) is 0 Å². The van der Waals surface area contributed by atoms with Gasteiger partial charge in [0.05, 0.1) is 6.61 Å². The molecule has 0 aromatic carbocycles. The van der Waals surface area contributed by atoms with Crippen LogP contribution in [0.1, 0.15) is 130 Å². The zero-order valence-electron chi connectivity index (χ0n) is 17.6. The number of carbonyl (C=O) groups excluding carboxylic acids is 1. The fraction of sp³-hybridized carbons (Fsp3) is 0.957. The van der Waals surface area contributed by atoms with Crippen molar-refractivity contribution >= 4 is 5.97 Å². The van der Waals surface area contributed by atoms with Crippen LogP contribution in [0, 0.1) is 5.92 Å². The Morgan fingerprint density at radius 3 is 1.56 bits per heavy atom. The highest BCUT2D eigenvalue weighted by Gasteiger charge is 2.03. The molecule has 0 aliphatic rings. The molecule has 0 rings (SSSR count). The lowest BCUT2D eigenvalue weighted by molar-refractivity contribution is -0.143. The van der Waals surface area contributed by atoms with E-state index in [9.17, 15) is 4.79 Å². The van der Waals surface area contributed by atoms with Crippen molar-refractivity contribution in [3.8, 4) is 0 Å². The third kappa shape index (κ3) is 21.4. The van der Waals surface area contributed by atoms with Gasteiger partial charge in [-0.25, -0.2) is 0 Å². The van der Waals surface area contributed by atoms with Gasteiger partial charge < -0.3 is 4.74 Å². The van der Waals surface area contributed by atoms with E-state index in [0.29, 0.717) is 18.9 Å². The molecule has 2 nitrogen and oxygen atoms in total. The van der Waals surface area contributed by atoms with Crippen molar-refractivity contribution in [2.45, 2.75) is 130 Å². The second kappa shape index (κ2) is 19.8. The molecule has 0 saturated carbocycles. The van der Waals surface area contributed by atoms with E-state index in [1.807, 2.05) is 0 Å². The van der Waals surface area contributed by atoms with Gasteiger partial charge in [0.1, 0.15) is 0 Å². The highest BCUT2D eigenvalue weighted by molar-refractivity contribution is 5.69. The standard InChI is InChI=1S/C23H46O2/c1-4-5-6-7-8-9-10-11-12-13-14-15-16-17-21-25-23(24)20-18-19-22(2)3/h22H,4-21H2,1-3H3. The van der Waals surface area contributed by atoms with Crippen molar-refractivity contribution in [2.24, 2.45) is 5.92 Å². The Kier molecular flexibility index (Phi) is 19.4. The molecule has 0 saturated heterocycles. The Morgan fingerprint density at radius 2 is 1.12 bits per heavy atom. The molecule has 0 unspecified atom stereocenters. The van der Waals surface area contributed by atoms with Gasteiger partial charge in [0.25, 0.3) is 0 Å². The smallest absolute Gasteiger partial charge is 0.305 e. The van der Waals surface area contributed by atoms with E-state index >= 15 is 0 Å². The van der Waals surface area contributed by atoms with E-state index in [2.05, 4.69) is 20.8 Å². The summed E-state index contributed by atoms with van der Waals surface area (Å²) in [5, 5.41) is 0. The third-order valence-corrected chi connectivity index (χ3v) is 4.92. The van der Waals surface area contributed by atoms with Crippen molar-refractivity contribution in [1.29, 1.82) is 0 Å². The Labute approximate surface area is 158 Å². The average molecular weight is 355 g/mol. The normalized spacial score (nSPS) is 11.2. The van der Waals surface area contributed by atoms with Crippen LogP contribution < -0.4 is 0 Å². The maximum atomic E-state index is 11.5. The Balaban J connectivity index is 3.10. The molecule has 0 spiro atoms. The molecule has 0 fully saturated rings. The van der Waals surface area contributed by atoms with Gasteiger partial charge in [-0.3, -0.25) is 4.79 Å². The molecule has 0 bridgehead atoms. The van der Waals surface area contributed by atoms with Crippen molar-refractivity contribution < 1.29 is 9.53 Å². The summed E-state index contributed by atoms with van der Waals surface area (Å²) in [5.74, 6) is 0.675. The van der Waals surface area contributed by atoms with Gasteiger partial charge in [-0.2, -0.15) is 0 Å². The van der Waals surface area contributed by atoms with Crippen LogP contribution in [0.3, 0.4) is 0 Å². The summed E-state index contributed by atoms with van der Waals surface area (Å²) in [6.07, 6.45) is 21.7. The second-order valence-corrected chi connectivity index (χ2v) is 8.10. The molecule has 0 aromatic heterocycles. The summed E-state index contributed by atoms with van der Waals surface area (Å²) in [4.78, 5) is 11.5. The molecule has 0 aliphatic heterocycles. The first-order chi connectivity index (χ1) is 12.2. The summed E-state index contributed by atoms with van der Waals surface area (Å²) in [5.41, 5.74) is 0. The molecule has 0 N–H and O–H groups in total. The highest BCUT2D eigenvalue weighted by atomic mass is 16.5. The minimum absolute atomic E-state index is 0.00431. The molecule has 0 amide bonds. The molecule has 2 heteroatoms. The first-order valence-corrected chi connectivity index (χ1v) is 11.3. The van der Waals surface area contributed by atoms with E-state index in [1.54, 1.807) is 0 Å². The highest BCUT2D eigenvalue weighted by Crippen LogP contribution is 2.13. The van der Waals surface area contributed by atoms with E-state index < -0.39 is 0 Å². The Hall–Kier alpha value is -0.530. The monoisotopic (exact) mass is 354 g/mol. The van der Waals surface area contributed by atoms with Crippen LogP contribution in [0.15, 0.2) is 0 Å². The molecule has 25 heavy (non-hydrogen) atoms. The average Bonchev–Trinajstić information content (AvgIpc) is 2.58. The molecular weight excluding hydrogens is 308 g/mol. The van der Waals surface area contributed by atoms with Gasteiger partial charge in [-0.1, -0.05) is 111 Å². The maximum Gasteiger partial charge on any atom is 0.305 e. The predicted molar refractivity (Wildman–Crippen MR) is 110 cm³/mol. The number of esters is 1. The van der Waals surface area contributed by atoms with Gasteiger partial charge >= 0.3 is 5.97 Å².